The Morgan fingerprint density at radius 2 is 2.07 bits per heavy atom. The van der Waals surface area contributed by atoms with Crippen LogP contribution in [0.2, 0.25) is 0 Å². The molecule has 1 saturated heterocycles. The number of nitrogens with zero attached hydrogens (tertiary/aromatic N) is 3. The maximum Gasteiger partial charge on any atom is 0.223 e. The Morgan fingerprint density at radius 1 is 1.27 bits per heavy atom. The summed E-state index contributed by atoms with van der Waals surface area (Å²) < 4.78 is 6.20. The number of likely N-dealkylation sites (N-methyl/N-ethyl adjacent to an activating group) is 1. The number of carbonyl (C=O) groups is 1. The molecule has 158 valence electrons. The van der Waals surface area contributed by atoms with Crippen LogP contribution in [0.15, 0.2) is 42.7 Å². The summed E-state index contributed by atoms with van der Waals surface area (Å²) in [4.78, 5) is 24.5. The molecule has 0 saturated carbocycles. The van der Waals surface area contributed by atoms with E-state index in [4.69, 9.17) is 10.5 Å². The molecule has 2 aromatic heterocycles. The summed E-state index contributed by atoms with van der Waals surface area (Å²) in [6.07, 6.45) is 4.07. The van der Waals surface area contributed by atoms with Gasteiger partial charge in [0.05, 0.1) is 5.39 Å². The molecule has 0 bridgehead atoms. The molecule has 30 heavy (non-hydrogen) atoms. The van der Waals surface area contributed by atoms with Crippen molar-refractivity contribution in [2.75, 3.05) is 39.8 Å². The first kappa shape index (κ1) is 20.4. The molecule has 1 aliphatic heterocycles. The van der Waals surface area contributed by atoms with E-state index in [0.29, 0.717) is 13.0 Å². The number of benzene rings is 1. The minimum Gasteiger partial charge on any atom is -0.457 e. The highest BCUT2D eigenvalue weighted by Gasteiger charge is 2.23. The molecule has 3 heterocycles. The van der Waals surface area contributed by atoms with Gasteiger partial charge in [-0.3, -0.25) is 4.79 Å². The lowest BCUT2D eigenvalue weighted by Gasteiger charge is -2.33. The molecule has 3 N–H and O–H groups in total. The van der Waals surface area contributed by atoms with Crippen LogP contribution in [0.3, 0.4) is 0 Å². The third kappa shape index (κ3) is 4.32. The third-order valence-corrected chi connectivity index (χ3v) is 5.85. The Balaban J connectivity index is 1.50. The van der Waals surface area contributed by atoms with Crippen molar-refractivity contribution in [3.8, 4) is 11.5 Å². The average molecular weight is 408 g/mol. The van der Waals surface area contributed by atoms with Crippen LogP contribution in [0.1, 0.15) is 23.5 Å². The van der Waals surface area contributed by atoms with Gasteiger partial charge in [-0.05, 0) is 49.8 Å². The summed E-state index contributed by atoms with van der Waals surface area (Å²) in [5, 5.41) is 0.975. The van der Waals surface area contributed by atoms with Crippen LogP contribution in [0, 0.1) is 6.92 Å². The SMILES string of the molecule is Cc1c[nH]c2nccc(Oc3cccc(C(CN)CC(=O)N4CCN(C)CC4)c3)c12. The lowest BCUT2D eigenvalue weighted by Crippen LogP contribution is -2.47. The van der Waals surface area contributed by atoms with Crippen LogP contribution < -0.4 is 10.5 Å². The predicted octanol–water partition coefficient (Wildman–Crippen LogP) is 2.87. The first-order valence-corrected chi connectivity index (χ1v) is 10.4. The van der Waals surface area contributed by atoms with Crippen molar-refractivity contribution in [2.24, 2.45) is 5.73 Å². The molecule has 1 unspecified atom stereocenters. The topological polar surface area (TPSA) is 87.5 Å². The maximum atomic E-state index is 12.8. The molecular weight excluding hydrogens is 378 g/mol. The van der Waals surface area contributed by atoms with Gasteiger partial charge in [0.2, 0.25) is 5.91 Å². The highest BCUT2D eigenvalue weighted by atomic mass is 16.5. The Morgan fingerprint density at radius 3 is 2.83 bits per heavy atom. The number of fused-ring (bicyclic) bond motifs is 1. The Bertz CT molecular complexity index is 1020. The van der Waals surface area contributed by atoms with Gasteiger partial charge in [-0.2, -0.15) is 0 Å². The van der Waals surface area contributed by atoms with E-state index in [9.17, 15) is 4.79 Å². The molecule has 4 rings (SSSR count). The van der Waals surface area contributed by atoms with E-state index in [1.807, 2.05) is 48.4 Å². The smallest absolute Gasteiger partial charge is 0.223 e. The van der Waals surface area contributed by atoms with Crippen molar-refractivity contribution in [1.29, 1.82) is 0 Å². The number of H-pyrrole nitrogens is 1. The van der Waals surface area contributed by atoms with Gasteiger partial charge >= 0.3 is 0 Å². The van der Waals surface area contributed by atoms with E-state index in [1.165, 1.54) is 0 Å². The van der Waals surface area contributed by atoms with Crippen molar-refractivity contribution in [3.05, 3.63) is 53.9 Å². The van der Waals surface area contributed by atoms with Crippen LogP contribution in [-0.4, -0.2) is 65.4 Å². The number of hydrogen-bond acceptors (Lipinski definition) is 5. The van der Waals surface area contributed by atoms with Gasteiger partial charge in [-0.25, -0.2) is 4.98 Å². The lowest BCUT2D eigenvalue weighted by atomic mass is 9.95. The second-order valence-electron chi connectivity index (χ2n) is 8.00. The van der Waals surface area contributed by atoms with Crippen molar-refractivity contribution in [2.45, 2.75) is 19.3 Å². The largest absolute Gasteiger partial charge is 0.457 e. The number of nitrogens with two attached hydrogens (primary N) is 1. The van der Waals surface area contributed by atoms with Gasteiger partial charge in [0.1, 0.15) is 17.1 Å². The highest BCUT2D eigenvalue weighted by Crippen LogP contribution is 2.32. The van der Waals surface area contributed by atoms with Crippen LogP contribution in [0.25, 0.3) is 11.0 Å². The van der Waals surface area contributed by atoms with Gasteiger partial charge in [0.25, 0.3) is 0 Å². The number of pyridine rings is 1. The number of aromatic nitrogens is 2. The molecule has 1 amide bonds. The second-order valence-corrected chi connectivity index (χ2v) is 8.00. The minimum absolute atomic E-state index is 0.0350. The Hall–Kier alpha value is -2.90. The van der Waals surface area contributed by atoms with Crippen LogP contribution >= 0.6 is 0 Å². The van der Waals surface area contributed by atoms with Gasteiger partial charge in [-0.1, -0.05) is 12.1 Å². The number of hydrogen-bond donors (Lipinski definition) is 2. The maximum absolute atomic E-state index is 12.8. The summed E-state index contributed by atoms with van der Waals surface area (Å²) in [5.74, 6) is 1.62. The molecule has 1 aliphatic rings. The fourth-order valence-electron chi connectivity index (χ4n) is 3.96. The second kappa shape index (κ2) is 8.85. The standard InChI is InChI=1S/C23H29N5O2/c1-16-15-26-23-22(16)20(6-7-25-23)30-19-5-3-4-17(12-19)18(14-24)13-21(29)28-10-8-27(2)9-11-28/h3-7,12,15,18H,8-11,13-14,24H2,1-2H3,(H,25,26). The van der Waals surface area contributed by atoms with Crippen LogP contribution in [0.5, 0.6) is 11.5 Å². The molecule has 7 heteroatoms. The van der Waals surface area contributed by atoms with E-state index in [2.05, 4.69) is 21.9 Å². The van der Waals surface area contributed by atoms with Crippen molar-refractivity contribution in [3.63, 3.8) is 0 Å². The van der Waals surface area contributed by atoms with Crippen molar-refractivity contribution >= 4 is 16.9 Å². The fourth-order valence-corrected chi connectivity index (χ4v) is 3.96. The number of aryl methyl sites for hydroxylation is 1. The molecule has 0 aliphatic carbocycles. The molecule has 7 nitrogen and oxygen atoms in total. The van der Waals surface area contributed by atoms with Crippen LogP contribution in [-0.2, 0) is 4.79 Å². The first-order chi connectivity index (χ1) is 14.5. The summed E-state index contributed by atoms with van der Waals surface area (Å²) in [7, 11) is 2.08. The molecular formula is C23H29N5O2. The van der Waals surface area contributed by atoms with Crippen molar-refractivity contribution in [1.82, 2.24) is 19.8 Å². The average Bonchev–Trinajstić information content (AvgIpc) is 3.14. The van der Waals surface area contributed by atoms with Gasteiger partial charge in [-0.15, -0.1) is 0 Å². The Kier molecular flexibility index (Phi) is 6.01. The van der Waals surface area contributed by atoms with Crippen LogP contribution in [0.4, 0.5) is 0 Å². The summed E-state index contributed by atoms with van der Waals surface area (Å²) >= 11 is 0. The summed E-state index contributed by atoms with van der Waals surface area (Å²) in [5.41, 5.74) is 8.97. The number of carbonyl (C=O) groups excluding carboxylic acids is 1. The van der Waals surface area contributed by atoms with E-state index >= 15 is 0 Å². The van der Waals surface area contributed by atoms with E-state index < -0.39 is 0 Å². The zero-order valence-corrected chi connectivity index (χ0v) is 17.6. The molecule has 1 aromatic carbocycles. The molecule has 0 radical (unpaired) electrons. The third-order valence-electron chi connectivity index (χ3n) is 5.85. The zero-order valence-electron chi connectivity index (χ0n) is 17.6. The summed E-state index contributed by atoms with van der Waals surface area (Å²) in [6, 6.07) is 9.76. The molecule has 1 fully saturated rings. The van der Waals surface area contributed by atoms with Gasteiger partial charge < -0.3 is 25.3 Å². The molecule has 0 spiro atoms. The number of rotatable bonds is 6. The monoisotopic (exact) mass is 407 g/mol. The van der Waals surface area contributed by atoms with E-state index in [-0.39, 0.29) is 11.8 Å². The fraction of sp³-hybridized carbons (Fsp3) is 0.391. The number of amides is 1. The van der Waals surface area contributed by atoms with E-state index in [1.54, 1.807) is 6.20 Å². The summed E-state index contributed by atoms with van der Waals surface area (Å²) in [6.45, 7) is 5.84. The minimum atomic E-state index is -0.0350. The molecule has 1 atom stereocenters. The Labute approximate surface area is 176 Å². The predicted molar refractivity (Wildman–Crippen MR) is 118 cm³/mol. The van der Waals surface area contributed by atoms with E-state index in [0.717, 1.165) is 59.8 Å². The first-order valence-electron chi connectivity index (χ1n) is 10.4. The quantitative estimate of drug-likeness (QED) is 0.656. The van der Waals surface area contributed by atoms with Crippen molar-refractivity contribution < 1.29 is 9.53 Å². The number of aromatic amines is 1. The normalized spacial score (nSPS) is 16.0. The number of nitrogens with one attached hydrogen (secondary N) is 1. The highest BCUT2D eigenvalue weighted by molar-refractivity contribution is 5.86. The number of ether oxygens (including phenoxy) is 1. The lowest BCUT2D eigenvalue weighted by molar-refractivity contribution is -0.133. The number of piperazine rings is 1. The van der Waals surface area contributed by atoms with Gasteiger partial charge in [0, 0.05) is 50.9 Å². The van der Waals surface area contributed by atoms with Gasteiger partial charge in [0.15, 0.2) is 0 Å². The molecule has 3 aromatic rings. The zero-order chi connectivity index (χ0) is 21.1.